The maximum atomic E-state index is 12.2. The molecule has 0 saturated carbocycles. The Bertz CT molecular complexity index is 695. The Morgan fingerprint density at radius 1 is 1.27 bits per heavy atom. The SMILES string of the molecule is CN1C(=O)c2ccc(C(=O)N[C@@H]3C=C[C@H](CO)C3)cc2C1=O. The molecule has 2 atom stereocenters. The number of fused-ring (bicyclic) bond motifs is 1. The molecule has 1 aromatic rings. The molecule has 0 aromatic heterocycles. The van der Waals surface area contributed by atoms with Crippen LogP contribution in [0.5, 0.6) is 0 Å². The summed E-state index contributed by atoms with van der Waals surface area (Å²) in [5, 5.41) is 11.9. The number of aliphatic hydroxyl groups is 1. The van der Waals surface area contributed by atoms with Gasteiger partial charge in [0, 0.05) is 31.2 Å². The Morgan fingerprint density at radius 2 is 2.00 bits per heavy atom. The van der Waals surface area contributed by atoms with Crippen LogP contribution in [-0.2, 0) is 0 Å². The normalized spacial score (nSPS) is 23.1. The highest BCUT2D eigenvalue weighted by atomic mass is 16.3. The average molecular weight is 300 g/mol. The first kappa shape index (κ1) is 14.5. The smallest absolute Gasteiger partial charge is 0.261 e. The van der Waals surface area contributed by atoms with Crippen molar-refractivity contribution in [1.82, 2.24) is 10.2 Å². The molecule has 0 fully saturated rings. The molecular weight excluding hydrogens is 284 g/mol. The van der Waals surface area contributed by atoms with E-state index in [1.165, 1.54) is 19.2 Å². The van der Waals surface area contributed by atoms with Crippen LogP contribution in [0.25, 0.3) is 0 Å². The van der Waals surface area contributed by atoms with Crippen LogP contribution in [0, 0.1) is 5.92 Å². The van der Waals surface area contributed by atoms with Gasteiger partial charge in [-0.1, -0.05) is 12.2 Å². The van der Waals surface area contributed by atoms with Crippen LogP contribution in [-0.4, -0.2) is 47.4 Å². The molecule has 114 valence electrons. The van der Waals surface area contributed by atoms with Gasteiger partial charge in [0.15, 0.2) is 0 Å². The molecule has 6 heteroatoms. The van der Waals surface area contributed by atoms with Crippen LogP contribution in [0.1, 0.15) is 37.5 Å². The third-order valence-electron chi connectivity index (χ3n) is 4.08. The molecule has 3 amide bonds. The summed E-state index contributed by atoms with van der Waals surface area (Å²) < 4.78 is 0. The van der Waals surface area contributed by atoms with E-state index in [0.717, 1.165) is 4.90 Å². The zero-order chi connectivity index (χ0) is 15.9. The fraction of sp³-hybridized carbons (Fsp3) is 0.312. The van der Waals surface area contributed by atoms with Crippen molar-refractivity contribution < 1.29 is 19.5 Å². The Morgan fingerprint density at radius 3 is 2.68 bits per heavy atom. The minimum absolute atomic E-state index is 0.0602. The van der Waals surface area contributed by atoms with Crippen molar-refractivity contribution in [3.05, 3.63) is 47.0 Å². The first-order valence-corrected chi connectivity index (χ1v) is 7.07. The molecule has 1 aliphatic carbocycles. The fourth-order valence-corrected chi connectivity index (χ4v) is 2.77. The summed E-state index contributed by atoms with van der Waals surface area (Å²) in [5.74, 6) is -0.976. The number of benzene rings is 1. The number of aliphatic hydroxyl groups excluding tert-OH is 1. The fourth-order valence-electron chi connectivity index (χ4n) is 2.77. The lowest BCUT2D eigenvalue weighted by atomic mass is 10.0. The highest BCUT2D eigenvalue weighted by molar-refractivity contribution is 6.21. The van der Waals surface area contributed by atoms with Crippen molar-refractivity contribution in [2.75, 3.05) is 13.7 Å². The number of carbonyl (C=O) groups is 3. The third kappa shape index (κ3) is 2.31. The van der Waals surface area contributed by atoms with Crippen LogP contribution >= 0.6 is 0 Å². The molecular formula is C16H16N2O4. The summed E-state index contributed by atoms with van der Waals surface area (Å²) in [7, 11) is 1.42. The summed E-state index contributed by atoms with van der Waals surface area (Å²) >= 11 is 0. The predicted molar refractivity (Wildman–Crippen MR) is 78.5 cm³/mol. The molecule has 2 aliphatic rings. The highest BCUT2D eigenvalue weighted by Crippen LogP contribution is 2.23. The topological polar surface area (TPSA) is 86.7 Å². The lowest BCUT2D eigenvalue weighted by Gasteiger charge is -2.13. The molecule has 1 aliphatic heterocycles. The molecule has 1 aromatic carbocycles. The second kappa shape index (κ2) is 5.38. The lowest BCUT2D eigenvalue weighted by molar-refractivity contribution is 0.0693. The summed E-state index contributed by atoms with van der Waals surface area (Å²) in [5.41, 5.74) is 0.927. The van der Waals surface area contributed by atoms with Gasteiger partial charge in [-0.15, -0.1) is 0 Å². The van der Waals surface area contributed by atoms with Crippen LogP contribution in [0.4, 0.5) is 0 Å². The van der Waals surface area contributed by atoms with Gasteiger partial charge in [-0.25, -0.2) is 0 Å². The van der Waals surface area contributed by atoms with Gasteiger partial charge in [-0.3, -0.25) is 19.3 Å². The molecule has 0 saturated heterocycles. The van der Waals surface area contributed by atoms with E-state index in [0.29, 0.717) is 17.5 Å². The van der Waals surface area contributed by atoms with Gasteiger partial charge in [-0.2, -0.15) is 0 Å². The predicted octanol–water partition coefficient (Wildman–Crippen LogP) is 0.579. The first-order valence-electron chi connectivity index (χ1n) is 7.07. The Labute approximate surface area is 127 Å². The Kier molecular flexibility index (Phi) is 3.54. The molecule has 6 nitrogen and oxygen atoms in total. The number of amides is 3. The molecule has 0 spiro atoms. The number of carbonyl (C=O) groups excluding carboxylic acids is 3. The Hall–Kier alpha value is -2.47. The van der Waals surface area contributed by atoms with Gasteiger partial charge in [-0.05, 0) is 24.6 Å². The van der Waals surface area contributed by atoms with Crippen molar-refractivity contribution in [3.8, 4) is 0 Å². The summed E-state index contributed by atoms with van der Waals surface area (Å²) in [6, 6.07) is 4.38. The number of nitrogens with one attached hydrogen (secondary N) is 1. The van der Waals surface area contributed by atoms with Crippen LogP contribution in [0.2, 0.25) is 0 Å². The number of imide groups is 1. The molecule has 0 radical (unpaired) electrons. The highest BCUT2D eigenvalue weighted by Gasteiger charge is 2.33. The van der Waals surface area contributed by atoms with Crippen molar-refractivity contribution in [3.63, 3.8) is 0 Å². The maximum absolute atomic E-state index is 12.2. The van der Waals surface area contributed by atoms with E-state index in [4.69, 9.17) is 5.11 Å². The number of hydrogen-bond acceptors (Lipinski definition) is 4. The Balaban J connectivity index is 1.77. The quantitative estimate of drug-likeness (QED) is 0.631. The van der Waals surface area contributed by atoms with Gasteiger partial charge in [0.25, 0.3) is 17.7 Å². The van der Waals surface area contributed by atoms with E-state index in [1.807, 2.05) is 12.2 Å². The summed E-state index contributed by atoms with van der Waals surface area (Å²) in [6.45, 7) is 0.0602. The monoisotopic (exact) mass is 300 g/mol. The van der Waals surface area contributed by atoms with Crippen molar-refractivity contribution in [2.45, 2.75) is 12.5 Å². The van der Waals surface area contributed by atoms with E-state index in [1.54, 1.807) is 6.07 Å². The van der Waals surface area contributed by atoms with Crippen LogP contribution in [0.3, 0.4) is 0 Å². The molecule has 2 N–H and O–H groups in total. The molecule has 1 heterocycles. The summed E-state index contributed by atoms with van der Waals surface area (Å²) in [6.07, 6.45) is 4.40. The van der Waals surface area contributed by atoms with Crippen molar-refractivity contribution in [2.24, 2.45) is 5.92 Å². The lowest BCUT2D eigenvalue weighted by Crippen LogP contribution is -2.33. The zero-order valence-electron chi connectivity index (χ0n) is 12.1. The number of hydrogen-bond donors (Lipinski definition) is 2. The van der Waals surface area contributed by atoms with E-state index in [9.17, 15) is 14.4 Å². The second-order valence-corrected chi connectivity index (χ2v) is 5.57. The molecule has 0 unspecified atom stereocenters. The van der Waals surface area contributed by atoms with Gasteiger partial charge in [0.05, 0.1) is 11.1 Å². The zero-order valence-corrected chi connectivity index (χ0v) is 12.1. The summed E-state index contributed by atoms with van der Waals surface area (Å²) in [4.78, 5) is 37.0. The first-order chi connectivity index (χ1) is 10.5. The van der Waals surface area contributed by atoms with E-state index >= 15 is 0 Å². The van der Waals surface area contributed by atoms with Gasteiger partial charge in [0.1, 0.15) is 0 Å². The molecule has 3 rings (SSSR count). The van der Waals surface area contributed by atoms with Gasteiger partial charge < -0.3 is 10.4 Å². The van der Waals surface area contributed by atoms with Crippen LogP contribution < -0.4 is 5.32 Å². The van der Waals surface area contributed by atoms with Gasteiger partial charge in [0.2, 0.25) is 0 Å². The standard InChI is InChI=1S/C16H16N2O4/c1-18-15(21)12-5-3-10(7-13(12)16(18)22)14(20)17-11-4-2-9(6-11)8-19/h2-5,7,9,11,19H,6,8H2,1H3,(H,17,20)/t9-,11+/m0/s1. The van der Waals surface area contributed by atoms with Crippen molar-refractivity contribution in [1.29, 1.82) is 0 Å². The average Bonchev–Trinajstić information content (AvgIpc) is 3.06. The van der Waals surface area contributed by atoms with Crippen molar-refractivity contribution >= 4 is 17.7 Å². The maximum Gasteiger partial charge on any atom is 0.261 e. The third-order valence-corrected chi connectivity index (χ3v) is 4.08. The van der Waals surface area contributed by atoms with Crippen LogP contribution in [0.15, 0.2) is 30.4 Å². The van der Waals surface area contributed by atoms with E-state index in [-0.39, 0.29) is 35.9 Å². The van der Waals surface area contributed by atoms with E-state index in [2.05, 4.69) is 5.32 Å². The number of rotatable bonds is 3. The minimum Gasteiger partial charge on any atom is -0.396 e. The molecule has 0 bridgehead atoms. The largest absolute Gasteiger partial charge is 0.396 e. The number of nitrogens with zero attached hydrogens (tertiary/aromatic N) is 1. The van der Waals surface area contributed by atoms with E-state index < -0.39 is 5.91 Å². The van der Waals surface area contributed by atoms with Gasteiger partial charge >= 0.3 is 0 Å². The minimum atomic E-state index is -0.393. The second-order valence-electron chi connectivity index (χ2n) is 5.57. The molecule has 22 heavy (non-hydrogen) atoms.